The Kier molecular flexibility index (Phi) is 6.53. The molecule has 3 rings (SSSR count). The quantitative estimate of drug-likeness (QED) is 0.879. The lowest BCUT2D eigenvalue weighted by Crippen LogP contribution is -2.48. The van der Waals surface area contributed by atoms with Crippen LogP contribution in [0.15, 0.2) is 24.3 Å². The molecule has 0 radical (unpaired) electrons. The summed E-state index contributed by atoms with van der Waals surface area (Å²) in [5.41, 5.74) is 1.00. The van der Waals surface area contributed by atoms with E-state index in [9.17, 15) is 4.79 Å². The number of piperidine rings is 1. The summed E-state index contributed by atoms with van der Waals surface area (Å²) in [5, 5.41) is 3.44. The number of halogens is 1. The van der Waals surface area contributed by atoms with Crippen LogP contribution >= 0.6 is 12.4 Å². The molecule has 5 heteroatoms. The zero-order valence-electron chi connectivity index (χ0n) is 14.8. The van der Waals surface area contributed by atoms with Gasteiger partial charge in [-0.05, 0) is 76.3 Å². The molecule has 1 N–H and O–H groups in total. The molecule has 1 saturated carbocycles. The van der Waals surface area contributed by atoms with Crippen LogP contribution in [0, 0.1) is 11.8 Å². The van der Waals surface area contributed by atoms with E-state index in [2.05, 4.69) is 24.1 Å². The van der Waals surface area contributed by atoms with Gasteiger partial charge in [0.15, 0.2) is 0 Å². The average Bonchev–Trinajstić information content (AvgIpc) is 3.40. The lowest BCUT2D eigenvalue weighted by Gasteiger charge is -2.35. The van der Waals surface area contributed by atoms with Gasteiger partial charge in [0.05, 0.1) is 7.11 Å². The van der Waals surface area contributed by atoms with E-state index >= 15 is 0 Å². The van der Waals surface area contributed by atoms with Crippen LogP contribution < -0.4 is 15.0 Å². The van der Waals surface area contributed by atoms with E-state index in [0.717, 1.165) is 30.8 Å². The van der Waals surface area contributed by atoms with E-state index in [-0.39, 0.29) is 24.4 Å². The molecular formula is C19H29ClN2O2. The van der Waals surface area contributed by atoms with Gasteiger partial charge in [0, 0.05) is 23.7 Å². The van der Waals surface area contributed by atoms with Crippen molar-refractivity contribution in [2.24, 2.45) is 11.8 Å². The minimum atomic E-state index is 0. The molecular weight excluding hydrogens is 324 g/mol. The van der Waals surface area contributed by atoms with Gasteiger partial charge in [-0.25, -0.2) is 0 Å². The van der Waals surface area contributed by atoms with E-state index in [1.165, 1.54) is 12.8 Å². The van der Waals surface area contributed by atoms with Crippen LogP contribution in [-0.2, 0) is 4.79 Å². The number of ether oxygens (including phenoxy) is 1. The van der Waals surface area contributed by atoms with Gasteiger partial charge in [-0.1, -0.05) is 0 Å². The van der Waals surface area contributed by atoms with E-state index in [0.29, 0.717) is 17.9 Å². The highest BCUT2D eigenvalue weighted by atomic mass is 35.5. The summed E-state index contributed by atoms with van der Waals surface area (Å²) < 4.78 is 5.25. The maximum atomic E-state index is 13.2. The summed E-state index contributed by atoms with van der Waals surface area (Å²) in [7, 11) is 1.67. The van der Waals surface area contributed by atoms with Gasteiger partial charge in [-0.2, -0.15) is 0 Å². The summed E-state index contributed by atoms with van der Waals surface area (Å²) >= 11 is 0. The summed E-state index contributed by atoms with van der Waals surface area (Å²) in [5.74, 6) is 1.91. The van der Waals surface area contributed by atoms with Crippen molar-refractivity contribution in [1.82, 2.24) is 5.32 Å². The van der Waals surface area contributed by atoms with Crippen molar-refractivity contribution < 1.29 is 9.53 Å². The van der Waals surface area contributed by atoms with Crippen molar-refractivity contribution in [3.05, 3.63) is 24.3 Å². The van der Waals surface area contributed by atoms with Gasteiger partial charge >= 0.3 is 0 Å². The fourth-order valence-corrected chi connectivity index (χ4v) is 3.65. The van der Waals surface area contributed by atoms with Crippen molar-refractivity contribution in [3.63, 3.8) is 0 Å². The molecule has 1 aliphatic carbocycles. The summed E-state index contributed by atoms with van der Waals surface area (Å²) in [6, 6.07) is 8.62. The molecule has 24 heavy (non-hydrogen) atoms. The van der Waals surface area contributed by atoms with Crippen molar-refractivity contribution in [2.75, 3.05) is 18.6 Å². The summed E-state index contributed by atoms with van der Waals surface area (Å²) in [6.07, 6.45) is 4.35. The van der Waals surface area contributed by atoms with Gasteiger partial charge < -0.3 is 15.0 Å². The fourth-order valence-electron chi connectivity index (χ4n) is 3.65. The standard InChI is InChI=1S/C19H28N2O2.ClH/c1-13-12-16(10-11-20-13)19(22)21(14(2)15-4-5-15)17-6-8-18(23-3)9-7-17;/h6-9,13-16,20H,4-5,10-12H2,1-3H3;1H/t13-,14?,16-;/m0./s1. The minimum Gasteiger partial charge on any atom is -0.497 e. The molecule has 1 unspecified atom stereocenters. The van der Waals surface area contributed by atoms with E-state index in [1.807, 2.05) is 24.3 Å². The van der Waals surface area contributed by atoms with Crippen molar-refractivity contribution in [2.45, 2.75) is 51.6 Å². The molecule has 2 fully saturated rings. The molecule has 134 valence electrons. The number of amides is 1. The first kappa shape index (κ1) is 19.1. The highest BCUT2D eigenvalue weighted by Crippen LogP contribution is 2.38. The zero-order chi connectivity index (χ0) is 16.4. The third-order valence-corrected chi connectivity index (χ3v) is 5.27. The Morgan fingerprint density at radius 3 is 2.46 bits per heavy atom. The number of benzene rings is 1. The van der Waals surface area contributed by atoms with E-state index < -0.39 is 0 Å². The molecule has 1 amide bonds. The number of nitrogens with one attached hydrogen (secondary N) is 1. The predicted octanol–water partition coefficient (Wildman–Crippen LogP) is 3.64. The van der Waals surface area contributed by atoms with Gasteiger partial charge in [0.2, 0.25) is 5.91 Å². The van der Waals surface area contributed by atoms with Crippen molar-refractivity contribution in [3.8, 4) is 5.75 Å². The molecule has 0 aromatic heterocycles. The summed E-state index contributed by atoms with van der Waals surface area (Å²) in [4.78, 5) is 15.3. The van der Waals surface area contributed by atoms with Gasteiger partial charge in [-0.3, -0.25) is 4.79 Å². The normalized spacial score (nSPS) is 24.6. The molecule has 1 saturated heterocycles. The zero-order valence-corrected chi connectivity index (χ0v) is 15.6. The van der Waals surface area contributed by atoms with Crippen LogP contribution in [0.4, 0.5) is 5.69 Å². The maximum absolute atomic E-state index is 13.2. The monoisotopic (exact) mass is 352 g/mol. The number of methoxy groups -OCH3 is 1. The van der Waals surface area contributed by atoms with Crippen molar-refractivity contribution in [1.29, 1.82) is 0 Å². The molecule has 1 aromatic rings. The fraction of sp³-hybridized carbons (Fsp3) is 0.632. The van der Waals surface area contributed by atoms with Crippen molar-refractivity contribution >= 4 is 24.0 Å². The molecule has 2 aliphatic rings. The number of nitrogens with zero attached hydrogens (tertiary/aromatic N) is 1. The maximum Gasteiger partial charge on any atom is 0.230 e. The van der Waals surface area contributed by atoms with Gasteiger partial charge in [-0.15, -0.1) is 12.4 Å². The third kappa shape index (κ3) is 4.22. The highest BCUT2D eigenvalue weighted by molar-refractivity contribution is 5.95. The topological polar surface area (TPSA) is 41.6 Å². The Labute approximate surface area is 151 Å². The van der Waals surface area contributed by atoms with Crippen LogP contribution in [0.2, 0.25) is 0 Å². The smallest absolute Gasteiger partial charge is 0.230 e. The Balaban J connectivity index is 0.00000208. The molecule has 4 nitrogen and oxygen atoms in total. The van der Waals surface area contributed by atoms with Crippen LogP contribution in [0.3, 0.4) is 0 Å². The van der Waals surface area contributed by atoms with Gasteiger partial charge in [0.1, 0.15) is 5.75 Å². The Morgan fingerprint density at radius 2 is 1.92 bits per heavy atom. The second kappa shape index (κ2) is 8.21. The molecule has 1 heterocycles. The average molecular weight is 353 g/mol. The van der Waals surface area contributed by atoms with E-state index in [1.54, 1.807) is 7.11 Å². The largest absolute Gasteiger partial charge is 0.497 e. The Morgan fingerprint density at radius 1 is 1.25 bits per heavy atom. The van der Waals surface area contributed by atoms with Crippen LogP contribution in [0.5, 0.6) is 5.75 Å². The minimum absolute atomic E-state index is 0. The summed E-state index contributed by atoms with van der Waals surface area (Å²) in [6.45, 7) is 5.30. The molecule has 1 aliphatic heterocycles. The van der Waals surface area contributed by atoms with E-state index in [4.69, 9.17) is 4.74 Å². The second-order valence-electron chi connectivity index (χ2n) is 7.06. The predicted molar refractivity (Wildman–Crippen MR) is 100 cm³/mol. The molecule has 3 atom stereocenters. The number of carbonyl (C=O) groups is 1. The molecule has 0 bridgehead atoms. The lowest BCUT2D eigenvalue weighted by atomic mass is 9.91. The first-order chi connectivity index (χ1) is 11.1. The second-order valence-corrected chi connectivity index (χ2v) is 7.06. The van der Waals surface area contributed by atoms with Gasteiger partial charge in [0.25, 0.3) is 0 Å². The number of anilines is 1. The first-order valence-corrected chi connectivity index (χ1v) is 8.80. The Bertz CT molecular complexity index is 545. The third-order valence-electron chi connectivity index (χ3n) is 5.27. The van der Waals surface area contributed by atoms with Crippen LogP contribution in [0.25, 0.3) is 0 Å². The lowest BCUT2D eigenvalue weighted by molar-refractivity contribution is -0.124. The molecule has 1 aromatic carbocycles. The SMILES string of the molecule is COc1ccc(N(C(=O)[C@H]2CCN[C@@H](C)C2)C(C)C2CC2)cc1.Cl. The first-order valence-electron chi connectivity index (χ1n) is 8.80. The number of hydrogen-bond donors (Lipinski definition) is 1. The number of rotatable bonds is 5. The highest BCUT2D eigenvalue weighted by Gasteiger charge is 2.38. The Hall–Kier alpha value is -1.26. The van der Waals surface area contributed by atoms with Crippen LogP contribution in [-0.4, -0.2) is 31.6 Å². The number of hydrogen-bond acceptors (Lipinski definition) is 3. The van der Waals surface area contributed by atoms with Crippen LogP contribution in [0.1, 0.15) is 39.5 Å². The molecule has 0 spiro atoms. The number of carbonyl (C=O) groups excluding carboxylic acids is 1.